The Hall–Kier alpha value is -1.38. The van der Waals surface area contributed by atoms with Crippen LogP contribution in [0, 0.1) is 3.57 Å². The van der Waals surface area contributed by atoms with Gasteiger partial charge in [-0.3, -0.25) is 14.2 Å². The number of amides is 1. The maximum absolute atomic E-state index is 12.2. The van der Waals surface area contributed by atoms with Crippen LogP contribution in [0.2, 0.25) is 0 Å². The molecule has 0 aliphatic rings. The Morgan fingerprint density at radius 3 is 2.61 bits per heavy atom. The summed E-state index contributed by atoms with van der Waals surface area (Å²) < 4.78 is 4.22. The Balaban J connectivity index is 2.11. The number of nitrogens with zero attached hydrogens (tertiary/aromatic N) is 5. The van der Waals surface area contributed by atoms with Crippen molar-refractivity contribution in [3.63, 3.8) is 0 Å². The van der Waals surface area contributed by atoms with Crippen LogP contribution < -0.4 is 0 Å². The Kier molecular flexibility index (Phi) is 3.69. The molecule has 2 heterocycles. The van der Waals surface area contributed by atoms with Crippen LogP contribution in [0.25, 0.3) is 0 Å². The van der Waals surface area contributed by atoms with E-state index in [2.05, 4.69) is 32.8 Å². The number of rotatable bonds is 3. The van der Waals surface area contributed by atoms with Gasteiger partial charge in [-0.05, 0) is 28.7 Å². The van der Waals surface area contributed by atoms with Crippen LogP contribution in [-0.2, 0) is 20.6 Å². The zero-order chi connectivity index (χ0) is 13.3. The summed E-state index contributed by atoms with van der Waals surface area (Å²) >= 11 is 2.11. The fraction of sp³-hybridized carbons (Fsp3) is 0.364. The van der Waals surface area contributed by atoms with E-state index in [1.165, 1.54) is 0 Å². The maximum atomic E-state index is 12.2. The van der Waals surface area contributed by atoms with Crippen molar-refractivity contribution < 1.29 is 4.79 Å². The SMILES string of the molecule is CN(Cc1ccn(C)n1)C(=O)c1nn(C)cc1I. The Morgan fingerprint density at radius 1 is 1.39 bits per heavy atom. The summed E-state index contributed by atoms with van der Waals surface area (Å²) in [6.45, 7) is 0.478. The predicted molar refractivity (Wildman–Crippen MR) is 74.9 cm³/mol. The van der Waals surface area contributed by atoms with E-state index < -0.39 is 0 Å². The molecule has 7 heteroatoms. The van der Waals surface area contributed by atoms with E-state index in [4.69, 9.17) is 0 Å². The van der Waals surface area contributed by atoms with E-state index in [1.54, 1.807) is 28.4 Å². The lowest BCUT2D eigenvalue weighted by Gasteiger charge is -2.14. The van der Waals surface area contributed by atoms with Crippen molar-refractivity contribution in [2.75, 3.05) is 7.05 Å². The average molecular weight is 359 g/mol. The Morgan fingerprint density at radius 2 is 2.11 bits per heavy atom. The van der Waals surface area contributed by atoms with Gasteiger partial charge in [0.05, 0.1) is 15.8 Å². The van der Waals surface area contributed by atoms with Gasteiger partial charge in [-0.25, -0.2) is 0 Å². The second-order valence-corrected chi connectivity index (χ2v) is 5.30. The number of carbonyl (C=O) groups excluding carboxylic acids is 1. The molecule has 0 saturated carbocycles. The smallest absolute Gasteiger partial charge is 0.275 e. The quantitative estimate of drug-likeness (QED) is 0.770. The van der Waals surface area contributed by atoms with Crippen molar-refractivity contribution in [3.05, 3.63) is 33.4 Å². The number of halogens is 1. The van der Waals surface area contributed by atoms with Crippen molar-refractivity contribution in [1.29, 1.82) is 0 Å². The fourth-order valence-corrected chi connectivity index (χ4v) is 2.39. The van der Waals surface area contributed by atoms with Gasteiger partial charge in [0.2, 0.25) is 0 Å². The maximum Gasteiger partial charge on any atom is 0.275 e. The Labute approximate surface area is 119 Å². The van der Waals surface area contributed by atoms with Crippen molar-refractivity contribution in [2.24, 2.45) is 14.1 Å². The van der Waals surface area contributed by atoms with Crippen LogP contribution in [0.15, 0.2) is 18.5 Å². The molecule has 0 fully saturated rings. The summed E-state index contributed by atoms with van der Waals surface area (Å²) in [4.78, 5) is 13.8. The summed E-state index contributed by atoms with van der Waals surface area (Å²) in [6, 6.07) is 1.90. The van der Waals surface area contributed by atoms with Gasteiger partial charge >= 0.3 is 0 Å². The summed E-state index contributed by atoms with van der Waals surface area (Å²) in [5.74, 6) is -0.0920. The number of aromatic nitrogens is 4. The molecule has 0 aliphatic heterocycles. The predicted octanol–water partition coefficient (Wildman–Crippen LogP) is 1.03. The molecule has 2 rings (SSSR count). The highest BCUT2D eigenvalue weighted by Crippen LogP contribution is 2.12. The number of carbonyl (C=O) groups is 1. The summed E-state index contributed by atoms with van der Waals surface area (Å²) in [5.41, 5.74) is 1.34. The fourth-order valence-electron chi connectivity index (χ4n) is 1.65. The molecular formula is C11H14IN5O. The molecule has 96 valence electrons. The van der Waals surface area contributed by atoms with Gasteiger partial charge < -0.3 is 4.90 Å². The molecular weight excluding hydrogens is 345 g/mol. The summed E-state index contributed by atoms with van der Waals surface area (Å²) in [5, 5.41) is 8.42. The third kappa shape index (κ3) is 2.71. The highest BCUT2D eigenvalue weighted by atomic mass is 127. The molecule has 0 aromatic carbocycles. The molecule has 0 spiro atoms. The molecule has 0 saturated heterocycles. The molecule has 18 heavy (non-hydrogen) atoms. The molecule has 0 unspecified atom stereocenters. The van der Waals surface area contributed by atoms with E-state index in [1.807, 2.05) is 25.5 Å². The minimum absolute atomic E-state index is 0.0920. The van der Waals surface area contributed by atoms with Gasteiger partial charge in [0, 0.05) is 33.5 Å². The summed E-state index contributed by atoms with van der Waals surface area (Å²) in [7, 11) is 5.41. The topological polar surface area (TPSA) is 56.0 Å². The second-order valence-electron chi connectivity index (χ2n) is 4.14. The molecule has 6 nitrogen and oxygen atoms in total. The first kappa shape index (κ1) is 13.1. The molecule has 2 aromatic rings. The van der Waals surface area contributed by atoms with E-state index >= 15 is 0 Å². The van der Waals surface area contributed by atoms with Gasteiger partial charge in [-0.2, -0.15) is 10.2 Å². The molecule has 0 bridgehead atoms. The van der Waals surface area contributed by atoms with Crippen molar-refractivity contribution in [1.82, 2.24) is 24.5 Å². The lowest BCUT2D eigenvalue weighted by molar-refractivity contribution is 0.0775. The first-order valence-electron chi connectivity index (χ1n) is 5.40. The molecule has 0 N–H and O–H groups in total. The third-order valence-electron chi connectivity index (χ3n) is 2.50. The third-order valence-corrected chi connectivity index (χ3v) is 3.29. The highest BCUT2D eigenvalue weighted by molar-refractivity contribution is 14.1. The largest absolute Gasteiger partial charge is 0.334 e. The molecule has 0 radical (unpaired) electrons. The average Bonchev–Trinajstić information content (AvgIpc) is 2.84. The monoisotopic (exact) mass is 359 g/mol. The molecule has 0 aliphatic carbocycles. The van der Waals surface area contributed by atoms with E-state index in [-0.39, 0.29) is 5.91 Å². The first-order chi connectivity index (χ1) is 8.47. The normalized spacial score (nSPS) is 10.7. The second kappa shape index (κ2) is 5.09. The van der Waals surface area contributed by atoms with Crippen molar-refractivity contribution in [2.45, 2.75) is 6.54 Å². The minimum Gasteiger partial charge on any atom is -0.334 e. The van der Waals surface area contributed by atoms with Crippen LogP contribution >= 0.6 is 22.6 Å². The number of hydrogen-bond acceptors (Lipinski definition) is 3. The van der Waals surface area contributed by atoms with E-state index in [0.29, 0.717) is 12.2 Å². The van der Waals surface area contributed by atoms with Crippen molar-refractivity contribution >= 4 is 28.5 Å². The molecule has 2 aromatic heterocycles. The Bertz CT molecular complexity index is 574. The number of aryl methyl sites for hydroxylation is 2. The number of hydrogen-bond donors (Lipinski definition) is 0. The zero-order valence-electron chi connectivity index (χ0n) is 10.5. The standard InChI is InChI=1S/C11H14IN5O/c1-15(6-8-4-5-16(2)13-8)11(18)10-9(12)7-17(3)14-10/h4-5,7H,6H2,1-3H3. The lowest BCUT2D eigenvalue weighted by Crippen LogP contribution is -2.27. The molecule has 0 atom stereocenters. The zero-order valence-corrected chi connectivity index (χ0v) is 12.6. The van der Waals surface area contributed by atoms with E-state index in [9.17, 15) is 4.79 Å². The van der Waals surface area contributed by atoms with Crippen LogP contribution in [0.4, 0.5) is 0 Å². The van der Waals surface area contributed by atoms with Gasteiger partial charge in [0.15, 0.2) is 5.69 Å². The van der Waals surface area contributed by atoms with Gasteiger partial charge in [-0.15, -0.1) is 0 Å². The first-order valence-corrected chi connectivity index (χ1v) is 6.48. The minimum atomic E-state index is -0.0920. The van der Waals surface area contributed by atoms with Crippen LogP contribution in [0.1, 0.15) is 16.2 Å². The van der Waals surface area contributed by atoms with Crippen molar-refractivity contribution in [3.8, 4) is 0 Å². The van der Waals surface area contributed by atoms with Gasteiger partial charge in [0.25, 0.3) is 5.91 Å². The van der Waals surface area contributed by atoms with Crippen LogP contribution in [0.5, 0.6) is 0 Å². The van der Waals surface area contributed by atoms with Gasteiger partial charge in [0.1, 0.15) is 0 Å². The molecule has 1 amide bonds. The van der Waals surface area contributed by atoms with Crippen LogP contribution in [-0.4, -0.2) is 37.4 Å². The summed E-state index contributed by atoms with van der Waals surface area (Å²) in [6.07, 6.45) is 3.68. The highest BCUT2D eigenvalue weighted by Gasteiger charge is 2.19. The lowest BCUT2D eigenvalue weighted by atomic mass is 10.3. The van der Waals surface area contributed by atoms with Gasteiger partial charge in [-0.1, -0.05) is 0 Å². The van der Waals surface area contributed by atoms with E-state index in [0.717, 1.165) is 9.26 Å². The van der Waals surface area contributed by atoms with Crippen LogP contribution in [0.3, 0.4) is 0 Å².